The standard InChI is InChI=1S/C11H17N3O.2ClH/c1-8-4-5-9(6-13-8)10(15)14-11(2,3)7-12;;/h4-6H,7,12H2,1-3H3,(H,14,15);2*1H. The van der Waals surface area contributed by atoms with Gasteiger partial charge in [0.1, 0.15) is 0 Å². The highest BCUT2D eigenvalue weighted by atomic mass is 35.5. The average molecular weight is 280 g/mol. The molecule has 1 heterocycles. The maximum atomic E-state index is 11.7. The zero-order valence-electron chi connectivity index (χ0n) is 10.2. The maximum absolute atomic E-state index is 11.7. The van der Waals surface area contributed by atoms with Crippen LogP contribution in [0.2, 0.25) is 0 Å². The van der Waals surface area contributed by atoms with Gasteiger partial charge in [0.25, 0.3) is 5.91 Å². The third kappa shape index (κ3) is 5.86. The second-order valence-electron chi connectivity index (χ2n) is 4.23. The Morgan fingerprint density at radius 3 is 2.41 bits per heavy atom. The molecule has 17 heavy (non-hydrogen) atoms. The quantitative estimate of drug-likeness (QED) is 0.885. The van der Waals surface area contributed by atoms with Crippen molar-refractivity contribution < 1.29 is 4.79 Å². The zero-order valence-corrected chi connectivity index (χ0v) is 11.8. The summed E-state index contributed by atoms with van der Waals surface area (Å²) in [5.74, 6) is -0.141. The monoisotopic (exact) mass is 279 g/mol. The van der Waals surface area contributed by atoms with Crippen LogP contribution in [0, 0.1) is 6.92 Å². The molecule has 0 atom stereocenters. The summed E-state index contributed by atoms with van der Waals surface area (Å²) in [6, 6.07) is 3.56. The number of aromatic nitrogens is 1. The van der Waals surface area contributed by atoms with Gasteiger partial charge in [-0.2, -0.15) is 0 Å². The summed E-state index contributed by atoms with van der Waals surface area (Å²) in [4.78, 5) is 15.8. The second-order valence-corrected chi connectivity index (χ2v) is 4.23. The van der Waals surface area contributed by atoms with E-state index in [9.17, 15) is 4.79 Å². The number of hydrogen-bond donors (Lipinski definition) is 2. The number of carbonyl (C=O) groups excluding carboxylic acids is 1. The molecule has 6 heteroatoms. The number of nitrogens with two attached hydrogens (primary N) is 1. The first kappa shape index (κ1) is 18.5. The molecule has 4 nitrogen and oxygen atoms in total. The molecule has 1 rings (SSSR count). The summed E-state index contributed by atoms with van der Waals surface area (Å²) >= 11 is 0. The van der Waals surface area contributed by atoms with E-state index in [2.05, 4.69) is 10.3 Å². The molecule has 98 valence electrons. The number of pyridine rings is 1. The summed E-state index contributed by atoms with van der Waals surface area (Å²) in [6.07, 6.45) is 1.57. The fourth-order valence-corrected chi connectivity index (χ4v) is 1.03. The molecule has 1 aromatic heterocycles. The summed E-state index contributed by atoms with van der Waals surface area (Å²) < 4.78 is 0. The molecule has 0 saturated carbocycles. The molecule has 1 aromatic rings. The summed E-state index contributed by atoms with van der Waals surface area (Å²) in [7, 11) is 0. The fourth-order valence-electron chi connectivity index (χ4n) is 1.03. The van der Waals surface area contributed by atoms with Crippen LogP contribution in [0.4, 0.5) is 0 Å². The Bertz CT molecular complexity index is 352. The van der Waals surface area contributed by atoms with Gasteiger partial charge in [-0.1, -0.05) is 0 Å². The van der Waals surface area contributed by atoms with Crippen LogP contribution >= 0.6 is 24.8 Å². The molecule has 0 saturated heterocycles. The van der Waals surface area contributed by atoms with Crippen LogP contribution in [0.3, 0.4) is 0 Å². The minimum Gasteiger partial charge on any atom is -0.346 e. The maximum Gasteiger partial charge on any atom is 0.253 e. The van der Waals surface area contributed by atoms with E-state index >= 15 is 0 Å². The smallest absolute Gasteiger partial charge is 0.253 e. The van der Waals surface area contributed by atoms with Crippen molar-refractivity contribution in [3.63, 3.8) is 0 Å². The van der Waals surface area contributed by atoms with Gasteiger partial charge in [0.15, 0.2) is 0 Å². The normalized spacial score (nSPS) is 9.88. The van der Waals surface area contributed by atoms with Crippen molar-refractivity contribution in [1.29, 1.82) is 0 Å². The molecule has 0 aliphatic carbocycles. The molecule has 0 spiro atoms. The Kier molecular flexibility index (Phi) is 8.15. The lowest BCUT2D eigenvalue weighted by Crippen LogP contribution is -2.48. The van der Waals surface area contributed by atoms with Crippen molar-refractivity contribution in [3.05, 3.63) is 29.6 Å². The van der Waals surface area contributed by atoms with E-state index in [4.69, 9.17) is 5.73 Å². The van der Waals surface area contributed by atoms with E-state index in [-0.39, 0.29) is 36.3 Å². The van der Waals surface area contributed by atoms with Crippen LogP contribution < -0.4 is 11.1 Å². The molecule has 0 aliphatic heterocycles. The van der Waals surface area contributed by atoms with E-state index in [1.54, 1.807) is 12.3 Å². The largest absolute Gasteiger partial charge is 0.346 e. The Morgan fingerprint density at radius 2 is 2.00 bits per heavy atom. The molecule has 0 fully saturated rings. The highest BCUT2D eigenvalue weighted by Crippen LogP contribution is 2.04. The lowest BCUT2D eigenvalue weighted by molar-refractivity contribution is 0.0915. The van der Waals surface area contributed by atoms with Gasteiger partial charge >= 0.3 is 0 Å². The minimum absolute atomic E-state index is 0. The van der Waals surface area contributed by atoms with E-state index < -0.39 is 0 Å². The molecule has 0 bridgehead atoms. The van der Waals surface area contributed by atoms with Crippen molar-refractivity contribution in [3.8, 4) is 0 Å². The van der Waals surface area contributed by atoms with Crippen LogP contribution in [0.1, 0.15) is 29.9 Å². The van der Waals surface area contributed by atoms with Crippen LogP contribution in [0.15, 0.2) is 18.3 Å². The van der Waals surface area contributed by atoms with Gasteiger partial charge in [0.2, 0.25) is 0 Å². The Morgan fingerprint density at radius 1 is 1.41 bits per heavy atom. The summed E-state index contributed by atoms with van der Waals surface area (Å²) in [6.45, 7) is 6.04. The van der Waals surface area contributed by atoms with Crippen LogP contribution in [0.25, 0.3) is 0 Å². The SMILES string of the molecule is Cc1ccc(C(=O)NC(C)(C)CN)cn1.Cl.Cl. The fraction of sp³-hybridized carbons (Fsp3) is 0.455. The average Bonchev–Trinajstić information content (AvgIpc) is 2.18. The molecule has 0 aliphatic rings. The number of hydrogen-bond acceptors (Lipinski definition) is 3. The van der Waals surface area contributed by atoms with Crippen molar-refractivity contribution in [1.82, 2.24) is 10.3 Å². The summed E-state index contributed by atoms with van der Waals surface area (Å²) in [5, 5.41) is 2.84. The first-order chi connectivity index (χ1) is 6.94. The predicted molar refractivity (Wildman–Crippen MR) is 74.1 cm³/mol. The number of amides is 1. The third-order valence-electron chi connectivity index (χ3n) is 2.14. The lowest BCUT2D eigenvalue weighted by atomic mass is 10.1. The van der Waals surface area contributed by atoms with Gasteiger partial charge in [0.05, 0.1) is 5.56 Å². The molecule has 0 radical (unpaired) electrons. The van der Waals surface area contributed by atoms with Crippen LogP contribution in [0.5, 0.6) is 0 Å². The third-order valence-corrected chi connectivity index (χ3v) is 2.14. The van der Waals surface area contributed by atoms with Gasteiger partial charge in [0, 0.05) is 24.0 Å². The van der Waals surface area contributed by atoms with Gasteiger partial charge in [-0.05, 0) is 32.9 Å². The minimum atomic E-state index is -0.387. The van der Waals surface area contributed by atoms with Crippen molar-refractivity contribution in [2.45, 2.75) is 26.3 Å². The summed E-state index contributed by atoms with van der Waals surface area (Å²) in [5.41, 5.74) is 6.59. The first-order valence-electron chi connectivity index (χ1n) is 4.90. The zero-order chi connectivity index (χ0) is 11.5. The second kappa shape index (κ2) is 7.48. The highest BCUT2D eigenvalue weighted by molar-refractivity contribution is 5.94. The first-order valence-corrected chi connectivity index (χ1v) is 4.90. The topological polar surface area (TPSA) is 68.0 Å². The predicted octanol–water partition coefficient (Wildman–Crippen LogP) is 1.70. The van der Waals surface area contributed by atoms with E-state index in [1.165, 1.54) is 0 Å². The Labute approximate surface area is 114 Å². The van der Waals surface area contributed by atoms with Gasteiger partial charge < -0.3 is 11.1 Å². The number of halogens is 2. The number of aryl methyl sites for hydroxylation is 1. The highest BCUT2D eigenvalue weighted by Gasteiger charge is 2.19. The molecule has 0 aromatic carbocycles. The molecular weight excluding hydrogens is 261 g/mol. The van der Waals surface area contributed by atoms with Gasteiger partial charge in [-0.3, -0.25) is 9.78 Å². The van der Waals surface area contributed by atoms with E-state index in [0.29, 0.717) is 12.1 Å². The Balaban J connectivity index is 0. The number of nitrogens with one attached hydrogen (secondary N) is 1. The van der Waals surface area contributed by atoms with E-state index in [1.807, 2.05) is 26.8 Å². The number of carbonyl (C=O) groups is 1. The Hall–Kier alpha value is -0.840. The number of nitrogens with zero attached hydrogens (tertiary/aromatic N) is 1. The number of rotatable bonds is 3. The molecule has 1 amide bonds. The molecular formula is C11H19Cl2N3O. The van der Waals surface area contributed by atoms with Crippen molar-refractivity contribution in [2.75, 3.05) is 6.54 Å². The lowest BCUT2D eigenvalue weighted by Gasteiger charge is -2.24. The van der Waals surface area contributed by atoms with Crippen molar-refractivity contribution >= 4 is 30.7 Å². The van der Waals surface area contributed by atoms with Crippen LogP contribution in [-0.2, 0) is 0 Å². The van der Waals surface area contributed by atoms with Crippen LogP contribution in [-0.4, -0.2) is 23.0 Å². The van der Waals surface area contributed by atoms with Gasteiger partial charge in [-0.25, -0.2) is 0 Å². The molecule has 3 N–H and O–H groups in total. The van der Waals surface area contributed by atoms with E-state index in [0.717, 1.165) is 5.69 Å². The molecule has 0 unspecified atom stereocenters. The van der Waals surface area contributed by atoms with Gasteiger partial charge in [-0.15, -0.1) is 24.8 Å². The van der Waals surface area contributed by atoms with Crippen molar-refractivity contribution in [2.24, 2.45) is 5.73 Å².